The molecular weight excluding hydrogens is 414 g/mol. The zero-order valence-electron chi connectivity index (χ0n) is 16.6. The number of nitrogens with zero attached hydrogens (tertiary/aromatic N) is 1. The largest absolute Gasteiger partial charge is 0.332 e. The summed E-state index contributed by atoms with van der Waals surface area (Å²) in [4.78, 5) is 4.87. The van der Waals surface area contributed by atoms with Crippen LogP contribution in [0.15, 0.2) is 83.1 Å². The maximum atomic E-state index is 12.5. The van der Waals surface area contributed by atoms with E-state index in [1.54, 1.807) is 36.4 Å². The Bertz CT molecular complexity index is 1250. The van der Waals surface area contributed by atoms with Gasteiger partial charge in [-0.05, 0) is 50.2 Å². The number of benzene rings is 3. The van der Waals surface area contributed by atoms with E-state index in [0.29, 0.717) is 5.69 Å². The molecule has 0 aliphatic carbocycles. The smallest absolute Gasteiger partial charge is 0.261 e. The highest BCUT2D eigenvalue weighted by Gasteiger charge is 2.14. The van der Waals surface area contributed by atoms with Crippen LogP contribution in [0.2, 0.25) is 0 Å². The van der Waals surface area contributed by atoms with Crippen LogP contribution in [0.5, 0.6) is 0 Å². The summed E-state index contributed by atoms with van der Waals surface area (Å²) >= 11 is 1.52. The van der Waals surface area contributed by atoms with Gasteiger partial charge in [0.25, 0.3) is 10.0 Å². The summed E-state index contributed by atoms with van der Waals surface area (Å²) in [6.07, 6.45) is 0. The molecule has 0 saturated heterocycles. The molecule has 0 saturated carbocycles. The van der Waals surface area contributed by atoms with Gasteiger partial charge < -0.3 is 5.32 Å². The van der Waals surface area contributed by atoms with Crippen LogP contribution in [0.1, 0.15) is 11.1 Å². The fourth-order valence-corrected chi connectivity index (χ4v) is 4.66. The number of sulfonamides is 1. The third-order valence-electron chi connectivity index (χ3n) is 4.57. The van der Waals surface area contributed by atoms with Gasteiger partial charge in [-0.3, -0.25) is 4.72 Å². The number of hydrogen-bond acceptors (Lipinski definition) is 5. The Morgan fingerprint density at radius 3 is 1.97 bits per heavy atom. The van der Waals surface area contributed by atoms with Crippen molar-refractivity contribution in [3.05, 3.63) is 89.3 Å². The highest BCUT2D eigenvalue weighted by atomic mass is 32.2. The second-order valence-electron chi connectivity index (χ2n) is 7.02. The Balaban J connectivity index is 1.46. The summed E-state index contributed by atoms with van der Waals surface area (Å²) in [7, 11) is -3.61. The SMILES string of the molecule is Cc1ccc(Nc2nc(-c3ccc(NS(=O)(=O)c4ccc(C)cc4)cc3)cs2)cc1. The van der Waals surface area contributed by atoms with Crippen LogP contribution < -0.4 is 10.0 Å². The van der Waals surface area contributed by atoms with Crippen LogP contribution >= 0.6 is 11.3 Å². The number of aromatic nitrogens is 1. The first-order valence-electron chi connectivity index (χ1n) is 9.38. The lowest BCUT2D eigenvalue weighted by Crippen LogP contribution is -2.12. The molecule has 5 nitrogen and oxygen atoms in total. The molecule has 3 aromatic carbocycles. The van der Waals surface area contributed by atoms with Crippen molar-refractivity contribution in [1.29, 1.82) is 0 Å². The van der Waals surface area contributed by atoms with Crippen molar-refractivity contribution in [2.24, 2.45) is 0 Å². The van der Waals surface area contributed by atoms with Crippen molar-refractivity contribution in [1.82, 2.24) is 4.98 Å². The Morgan fingerprint density at radius 1 is 0.767 bits per heavy atom. The minimum absolute atomic E-state index is 0.239. The van der Waals surface area contributed by atoms with Gasteiger partial charge in [0.15, 0.2) is 5.13 Å². The van der Waals surface area contributed by atoms with Crippen LogP contribution in [0.25, 0.3) is 11.3 Å². The number of thiazole rings is 1. The van der Waals surface area contributed by atoms with Gasteiger partial charge in [0.2, 0.25) is 0 Å². The van der Waals surface area contributed by atoms with E-state index in [1.807, 2.05) is 48.7 Å². The molecule has 2 N–H and O–H groups in total. The normalized spacial score (nSPS) is 11.3. The maximum absolute atomic E-state index is 12.5. The first-order chi connectivity index (χ1) is 14.4. The van der Waals surface area contributed by atoms with Crippen molar-refractivity contribution in [2.45, 2.75) is 18.7 Å². The molecule has 0 bridgehead atoms. The van der Waals surface area contributed by atoms with Crippen LogP contribution in [0.3, 0.4) is 0 Å². The fourth-order valence-electron chi connectivity index (χ4n) is 2.86. The summed E-state index contributed by atoms with van der Waals surface area (Å²) in [5, 5.41) is 6.08. The quantitative estimate of drug-likeness (QED) is 0.391. The van der Waals surface area contributed by atoms with Gasteiger partial charge in [-0.1, -0.05) is 47.5 Å². The second-order valence-corrected chi connectivity index (χ2v) is 9.57. The molecule has 152 valence electrons. The van der Waals surface area contributed by atoms with Crippen LogP contribution in [-0.4, -0.2) is 13.4 Å². The maximum Gasteiger partial charge on any atom is 0.261 e. The zero-order chi connectivity index (χ0) is 21.1. The first kappa shape index (κ1) is 20.1. The van der Waals surface area contributed by atoms with E-state index in [2.05, 4.69) is 21.9 Å². The van der Waals surface area contributed by atoms with Crippen molar-refractivity contribution in [3.8, 4) is 11.3 Å². The van der Waals surface area contributed by atoms with Gasteiger partial charge >= 0.3 is 0 Å². The second kappa shape index (κ2) is 8.30. The molecule has 0 radical (unpaired) electrons. The first-order valence-corrected chi connectivity index (χ1v) is 11.7. The van der Waals surface area contributed by atoms with E-state index in [0.717, 1.165) is 27.6 Å². The Kier molecular flexibility index (Phi) is 5.57. The Labute approximate surface area is 180 Å². The molecule has 0 fully saturated rings. The molecule has 0 unspecified atom stereocenters. The molecule has 4 rings (SSSR count). The van der Waals surface area contributed by atoms with Gasteiger partial charge in [-0.15, -0.1) is 11.3 Å². The lowest BCUT2D eigenvalue weighted by molar-refractivity contribution is 0.601. The third-order valence-corrected chi connectivity index (χ3v) is 6.73. The molecule has 1 aromatic heterocycles. The van der Waals surface area contributed by atoms with Crippen LogP contribution in [-0.2, 0) is 10.0 Å². The van der Waals surface area contributed by atoms with Crippen LogP contribution in [0.4, 0.5) is 16.5 Å². The molecule has 0 spiro atoms. The summed E-state index contributed by atoms with van der Waals surface area (Å²) in [6, 6.07) is 22.1. The third kappa shape index (κ3) is 4.69. The molecular formula is C23H21N3O2S2. The Morgan fingerprint density at radius 2 is 1.33 bits per heavy atom. The molecule has 0 aliphatic rings. The van der Waals surface area contributed by atoms with Crippen molar-refractivity contribution in [2.75, 3.05) is 10.0 Å². The van der Waals surface area contributed by atoms with E-state index < -0.39 is 10.0 Å². The molecule has 7 heteroatoms. The van der Waals surface area contributed by atoms with Gasteiger partial charge in [0.05, 0.1) is 10.6 Å². The Hall–Kier alpha value is -3.16. The highest BCUT2D eigenvalue weighted by molar-refractivity contribution is 7.92. The van der Waals surface area contributed by atoms with Gasteiger partial charge in [-0.25, -0.2) is 13.4 Å². The fraction of sp³-hybridized carbons (Fsp3) is 0.0870. The average Bonchev–Trinajstić information content (AvgIpc) is 3.19. The lowest BCUT2D eigenvalue weighted by Gasteiger charge is -2.09. The molecule has 30 heavy (non-hydrogen) atoms. The number of nitrogens with one attached hydrogen (secondary N) is 2. The summed E-state index contributed by atoms with van der Waals surface area (Å²) in [5.41, 5.74) is 5.47. The molecule has 0 atom stereocenters. The van der Waals surface area contributed by atoms with Crippen molar-refractivity contribution < 1.29 is 8.42 Å². The van der Waals surface area contributed by atoms with E-state index in [9.17, 15) is 8.42 Å². The highest BCUT2D eigenvalue weighted by Crippen LogP contribution is 2.28. The lowest BCUT2D eigenvalue weighted by atomic mass is 10.1. The number of rotatable bonds is 6. The zero-order valence-corrected chi connectivity index (χ0v) is 18.2. The van der Waals surface area contributed by atoms with Gasteiger partial charge in [0.1, 0.15) is 0 Å². The number of anilines is 3. The molecule has 0 aliphatic heterocycles. The molecule has 1 heterocycles. The van der Waals surface area contributed by atoms with E-state index in [1.165, 1.54) is 16.9 Å². The van der Waals surface area contributed by atoms with Crippen molar-refractivity contribution in [3.63, 3.8) is 0 Å². The van der Waals surface area contributed by atoms with E-state index >= 15 is 0 Å². The number of aryl methyl sites for hydroxylation is 2. The van der Waals surface area contributed by atoms with Crippen molar-refractivity contribution >= 4 is 37.9 Å². The van der Waals surface area contributed by atoms with Gasteiger partial charge in [0, 0.05) is 22.3 Å². The number of hydrogen-bond donors (Lipinski definition) is 2. The summed E-state index contributed by atoms with van der Waals surface area (Å²) in [6.45, 7) is 3.97. The minimum atomic E-state index is -3.61. The molecule has 0 amide bonds. The summed E-state index contributed by atoms with van der Waals surface area (Å²) < 4.78 is 27.7. The molecule has 4 aromatic rings. The predicted octanol–water partition coefficient (Wildman–Crippen LogP) is 5.97. The minimum Gasteiger partial charge on any atom is -0.332 e. The van der Waals surface area contributed by atoms with Gasteiger partial charge in [-0.2, -0.15) is 0 Å². The monoisotopic (exact) mass is 435 g/mol. The predicted molar refractivity (Wildman–Crippen MR) is 124 cm³/mol. The summed E-state index contributed by atoms with van der Waals surface area (Å²) in [5.74, 6) is 0. The standard InChI is InChI=1S/C23H21N3O2S2/c1-16-3-9-19(10-4-16)24-23-25-22(15-29-23)18-7-11-20(12-8-18)26-30(27,28)21-13-5-17(2)6-14-21/h3-15,26H,1-2H3,(H,24,25). The van der Waals surface area contributed by atoms with E-state index in [4.69, 9.17) is 0 Å². The van der Waals surface area contributed by atoms with E-state index in [-0.39, 0.29) is 4.90 Å². The van der Waals surface area contributed by atoms with Crippen LogP contribution in [0, 0.1) is 13.8 Å². The topological polar surface area (TPSA) is 71.1 Å². The average molecular weight is 436 g/mol.